The molecule has 2 atom stereocenters. The molecule has 0 aliphatic carbocycles. The first-order valence-electron chi connectivity index (χ1n) is 10.3. The first-order chi connectivity index (χ1) is 13.7. The van der Waals surface area contributed by atoms with Crippen molar-refractivity contribution in [3.05, 3.63) is 41.2 Å². The molecule has 4 heterocycles. The van der Waals surface area contributed by atoms with Crippen molar-refractivity contribution in [1.82, 2.24) is 14.9 Å². The average Bonchev–Trinajstić information content (AvgIpc) is 3.35. The fraction of sp³-hybridized carbons (Fsp3) is 0.545. The molecule has 1 aromatic carbocycles. The van der Waals surface area contributed by atoms with Gasteiger partial charge in [0, 0.05) is 56.0 Å². The van der Waals surface area contributed by atoms with E-state index in [0.717, 1.165) is 43.5 Å². The van der Waals surface area contributed by atoms with Crippen molar-refractivity contribution in [3.63, 3.8) is 0 Å². The number of methoxy groups -OCH3 is 2. The molecule has 1 aromatic heterocycles. The molecule has 0 unspecified atom stereocenters. The Kier molecular flexibility index (Phi) is 4.59. The SMILES string of the molecule is COc1cc(CN2[C@@H]3CC[C@@H]2c2cnc(N4CCCC4)nc2C3)cc(OC)c1. The normalized spacial score (nSPS) is 23.7. The topological polar surface area (TPSA) is 50.7 Å². The van der Waals surface area contributed by atoms with Crippen LogP contribution in [0.15, 0.2) is 24.4 Å². The van der Waals surface area contributed by atoms with E-state index in [4.69, 9.17) is 19.4 Å². The van der Waals surface area contributed by atoms with Gasteiger partial charge in [-0.2, -0.15) is 0 Å². The monoisotopic (exact) mass is 380 g/mol. The van der Waals surface area contributed by atoms with Gasteiger partial charge in [0.25, 0.3) is 0 Å². The van der Waals surface area contributed by atoms with Crippen LogP contribution in [-0.4, -0.2) is 48.2 Å². The minimum absolute atomic E-state index is 0.415. The van der Waals surface area contributed by atoms with Crippen LogP contribution in [0.3, 0.4) is 0 Å². The molecular formula is C22H28N4O2. The van der Waals surface area contributed by atoms with Gasteiger partial charge in [0.05, 0.1) is 19.9 Å². The fourth-order valence-corrected chi connectivity index (χ4v) is 5.05. The summed E-state index contributed by atoms with van der Waals surface area (Å²) < 4.78 is 10.9. The van der Waals surface area contributed by atoms with Crippen molar-refractivity contribution in [3.8, 4) is 11.5 Å². The summed E-state index contributed by atoms with van der Waals surface area (Å²) in [5.41, 5.74) is 3.82. The number of nitrogens with zero attached hydrogens (tertiary/aromatic N) is 4. The van der Waals surface area contributed by atoms with Gasteiger partial charge in [-0.05, 0) is 43.4 Å². The van der Waals surface area contributed by atoms with Crippen LogP contribution in [0, 0.1) is 0 Å². The van der Waals surface area contributed by atoms with Crippen LogP contribution >= 0.6 is 0 Å². The van der Waals surface area contributed by atoms with Crippen molar-refractivity contribution in [2.24, 2.45) is 0 Å². The van der Waals surface area contributed by atoms with Crippen molar-refractivity contribution in [1.29, 1.82) is 0 Å². The summed E-state index contributed by atoms with van der Waals surface area (Å²) in [4.78, 5) is 14.7. The van der Waals surface area contributed by atoms with Crippen molar-refractivity contribution in [2.75, 3.05) is 32.2 Å². The van der Waals surface area contributed by atoms with Crippen molar-refractivity contribution < 1.29 is 9.47 Å². The summed E-state index contributed by atoms with van der Waals surface area (Å²) in [6.45, 7) is 3.08. The Balaban J connectivity index is 1.40. The Hall–Kier alpha value is -2.34. The van der Waals surface area contributed by atoms with E-state index in [-0.39, 0.29) is 0 Å². The first kappa shape index (κ1) is 17.7. The number of rotatable bonds is 5. The van der Waals surface area contributed by atoms with Crippen LogP contribution in [0.5, 0.6) is 11.5 Å². The van der Waals surface area contributed by atoms with Crippen LogP contribution in [0.2, 0.25) is 0 Å². The zero-order chi connectivity index (χ0) is 19.1. The second-order valence-electron chi connectivity index (χ2n) is 8.11. The second-order valence-corrected chi connectivity index (χ2v) is 8.11. The number of benzene rings is 1. The molecule has 28 heavy (non-hydrogen) atoms. The highest BCUT2D eigenvalue weighted by Gasteiger charge is 2.41. The second kappa shape index (κ2) is 7.24. The van der Waals surface area contributed by atoms with E-state index >= 15 is 0 Å². The number of hydrogen-bond acceptors (Lipinski definition) is 6. The van der Waals surface area contributed by atoms with Gasteiger partial charge in [0.2, 0.25) is 5.95 Å². The third-order valence-corrected chi connectivity index (χ3v) is 6.48. The average molecular weight is 380 g/mol. The maximum Gasteiger partial charge on any atom is 0.225 e. The molecule has 6 nitrogen and oxygen atoms in total. The zero-order valence-corrected chi connectivity index (χ0v) is 16.7. The quantitative estimate of drug-likeness (QED) is 0.793. The maximum absolute atomic E-state index is 5.45. The largest absolute Gasteiger partial charge is 0.497 e. The molecule has 5 rings (SSSR count). The molecule has 0 saturated carbocycles. The number of ether oxygens (including phenoxy) is 2. The van der Waals surface area contributed by atoms with E-state index in [1.807, 2.05) is 6.07 Å². The fourth-order valence-electron chi connectivity index (χ4n) is 5.05. The highest BCUT2D eigenvalue weighted by Crippen LogP contribution is 2.44. The third-order valence-electron chi connectivity index (χ3n) is 6.48. The van der Waals surface area contributed by atoms with Gasteiger partial charge < -0.3 is 14.4 Å². The molecule has 0 spiro atoms. The summed E-state index contributed by atoms with van der Waals surface area (Å²) in [6.07, 6.45) is 8.04. The smallest absolute Gasteiger partial charge is 0.225 e. The van der Waals surface area contributed by atoms with E-state index in [9.17, 15) is 0 Å². The molecule has 3 aliphatic rings. The van der Waals surface area contributed by atoms with E-state index in [1.165, 1.54) is 42.5 Å². The van der Waals surface area contributed by atoms with Gasteiger partial charge in [-0.3, -0.25) is 4.90 Å². The Morgan fingerprint density at radius 2 is 1.79 bits per heavy atom. The lowest BCUT2D eigenvalue weighted by Crippen LogP contribution is -2.38. The Bertz CT molecular complexity index is 843. The van der Waals surface area contributed by atoms with Gasteiger partial charge in [-0.1, -0.05) is 0 Å². The maximum atomic E-state index is 5.45. The standard InChI is InChI=1S/C22H28N4O2/c1-27-17-9-15(10-18(12-17)28-2)14-26-16-5-6-21(26)19-13-23-22(24-20(19)11-16)25-7-3-4-8-25/h9-10,12-13,16,21H,3-8,11,14H2,1-2H3/t16-,21-/m1/s1. The number of aromatic nitrogens is 2. The molecule has 3 aliphatic heterocycles. The van der Waals surface area contributed by atoms with Crippen LogP contribution in [0.4, 0.5) is 5.95 Å². The van der Waals surface area contributed by atoms with Gasteiger partial charge >= 0.3 is 0 Å². The summed E-state index contributed by atoms with van der Waals surface area (Å²) in [6, 6.07) is 7.13. The molecule has 2 bridgehead atoms. The summed E-state index contributed by atoms with van der Waals surface area (Å²) in [5.74, 6) is 2.62. The van der Waals surface area contributed by atoms with Crippen LogP contribution in [0.25, 0.3) is 0 Å². The third kappa shape index (κ3) is 3.09. The van der Waals surface area contributed by atoms with Crippen LogP contribution < -0.4 is 14.4 Å². The molecule has 2 fully saturated rings. The molecule has 2 saturated heterocycles. The summed E-state index contributed by atoms with van der Waals surface area (Å²) >= 11 is 0. The Labute approximate surface area is 166 Å². The number of fused-ring (bicyclic) bond motifs is 4. The van der Waals surface area contributed by atoms with E-state index in [1.54, 1.807) is 14.2 Å². The molecule has 6 heteroatoms. The molecular weight excluding hydrogens is 352 g/mol. The van der Waals surface area contributed by atoms with E-state index < -0.39 is 0 Å². The highest BCUT2D eigenvalue weighted by molar-refractivity contribution is 5.40. The molecule has 148 valence electrons. The molecule has 0 radical (unpaired) electrons. The number of anilines is 1. The van der Waals surface area contributed by atoms with Crippen molar-refractivity contribution in [2.45, 2.75) is 50.7 Å². The first-order valence-corrected chi connectivity index (χ1v) is 10.3. The van der Waals surface area contributed by atoms with Crippen LogP contribution in [-0.2, 0) is 13.0 Å². The lowest BCUT2D eigenvalue weighted by molar-refractivity contribution is 0.166. The predicted molar refractivity (Wildman–Crippen MR) is 108 cm³/mol. The van der Waals surface area contributed by atoms with Crippen molar-refractivity contribution >= 4 is 5.95 Å². The minimum atomic E-state index is 0.415. The predicted octanol–water partition coefficient (Wildman–Crippen LogP) is 3.36. The Morgan fingerprint density at radius 3 is 2.50 bits per heavy atom. The Morgan fingerprint density at radius 1 is 1.04 bits per heavy atom. The van der Waals surface area contributed by atoms with Gasteiger partial charge in [-0.25, -0.2) is 9.97 Å². The lowest BCUT2D eigenvalue weighted by Gasteiger charge is -2.36. The number of hydrogen-bond donors (Lipinski definition) is 0. The minimum Gasteiger partial charge on any atom is -0.497 e. The lowest BCUT2D eigenvalue weighted by atomic mass is 9.98. The van der Waals surface area contributed by atoms with Gasteiger partial charge in [0.1, 0.15) is 11.5 Å². The van der Waals surface area contributed by atoms with E-state index in [2.05, 4.69) is 28.1 Å². The van der Waals surface area contributed by atoms with Gasteiger partial charge in [0.15, 0.2) is 0 Å². The summed E-state index contributed by atoms with van der Waals surface area (Å²) in [7, 11) is 3.41. The zero-order valence-electron chi connectivity index (χ0n) is 16.7. The molecule has 0 N–H and O–H groups in total. The molecule has 2 aromatic rings. The van der Waals surface area contributed by atoms with E-state index in [0.29, 0.717) is 12.1 Å². The van der Waals surface area contributed by atoms with Crippen LogP contribution in [0.1, 0.15) is 48.5 Å². The highest BCUT2D eigenvalue weighted by atomic mass is 16.5. The molecule has 0 amide bonds. The summed E-state index contributed by atoms with van der Waals surface area (Å²) in [5, 5.41) is 0. The van der Waals surface area contributed by atoms with Gasteiger partial charge in [-0.15, -0.1) is 0 Å².